The average Bonchev–Trinajstić information content (AvgIpc) is 3.15. The van der Waals surface area contributed by atoms with E-state index in [2.05, 4.69) is 18.7 Å². The van der Waals surface area contributed by atoms with Gasteiger partial charge in [-0.05, 0) is 48.7 Å². The van der Waals surface area contributed by atoms with Crippen molar-refractivity contribution < 1.29 is 9.13 Å². The minimum absolute atomic E-state index is 0.0721. The molecular formula is C24H30ClFN4O. The van der Waals surface area contributed by atoms with Crippen molar-refractivity contribution in [3.8, 4) is 17.1 Å². The van der Waals surface area contributed by atoms with Crippen molar-refractivity contribution in [1.29, 1.82) is 0 Å². The summed E-state index contributed by atoms with van der Waals surface area (Å²) < 4.78 is 20.8. The van der Waals surface area contributed by atoms with Crippen LogP contribution in [0, 0.1) is 5.82 Å². The van der Waals surface area contributed by atoms with Crippen LogP contribution >= 0.6 is 11.6 Å². The highest BCUT2D eigenvalue weighted by atomic mass is 35.5. The lowest BCUT2D eigenvalue weighted by molar-refractivity contribution is 0.416. The summed E-state index contributed by atoms with van der Waals surface area (Å²) >= 11 is 6.13. The van der Waals surface area contributed by atoms with Crippen LogP contribution in [0.1, 0.15) is 51.1 Å². The lowest BCUT2D eigenvalue weighted by atomic mass is 9.99. The van der Waals surface area contributed by atoms with Crippen LogP contribution in [0.4, 0.5) is 10.3 Å². The van der Waals surface area contributed by atoms with Gasteiger partial charge in [0, 0.05) is 18.6 Å². The Bertz CT molecular complexity index is 990. The molecule has 0 aliphatic rings. The molecule has 0 bridgehead atoms. The maximum absolute atomic E-state index is 13.6. The summed E-state index contributed by atoms with van der Waals surface area (Å²) in [6, 6.07) is 12.3. The fraction of sp³-hybridized carbons (Fsp3) is 0.417. The molecule has 0 spiro atoms. The molecule has 0 unspecified atom stereocenters. The summed E-state index contributed by atoms with van der Waals surface area (Å²) in [6.07, 6.45) is 4.04. The van der Waals surface area contributed by atoms with Gasteiger partial charge in [-0.2, -0.15) is 4.98 Å². The first-order valence-electron chi connectivity index (χ1n) is 10.8. The quantitative estimate of drug-likeness (QED) is 0.361. The monoisotopic (exact) mass is 444 g/mol. The summed E-state index contributed by atoms with van der Waals surface area (Å²) in [7, 11) is 3.49. The number of benzene rings is 2. The molecule has 0 aliphatic heterocycles. The van der Waals surface area contributed by atoms with Gasteiger partial charge < -0.3 is 9.64 Å². The molecule has 1 atom stereocenters. The molecular weight excluding hydrogens is 415 g/mol. The van der Waals surface area contributed by atoms with E-state index >= 15 is 0 Å². The van der Waals surface area contributed by atoms with Crippen LogP contribution in [0.2, 0.25) is 5.02 Å². The standard InChI is InChI=1S/C24H30ClFN4O/c1-5-7-8-21(17-9-12-19(26)13-10-17)30(15-6-2)24-27-23(29(3)28-24)20-14-11-18(25)16-22(20)31-4/h9-14,16,21H,5-8,15H2,1-4H3/t21-/m0/s1. The molecule has 0 saturated heterocycles. The third-order valence-corrected chi connectivity index (χ3v) is 5.57. The van der Waals surface area contributed by atoms with Gasteiger partial charge in [0.1, 0.15) is 11.6 Å². The van der Waals surface area contributed by atoms with Crippen LogP contribution in [0.5, 0.6) is 5.75 Å². The molecule has 0 radical (unpaired) electrons. The Morgan fingerprint density at radius 2 is 1.87 bits per heavy atom. The number of unbranched alkanes of at least 4 members (excludes halogenated alkanes) is 1. The van der Waals surface area contributed by atoms with E-state index in [1.54, 1.807) is 17.9 Å². The van der Waals surface area contributed by atoms with Crippen LogP contribution < -0.4 is 9.64 Å². The molecule has 31 heavy (non-hydrogen) atoms. The van der Waals surface area contributed by atoms with Crippen molar-refractivity contribution in [3.05, 3.63) is 58.9 Å². The number of halogens is 2. The Labute approximate surface area is 188 Å². The van der Waals surface area contributed by atoms with Crippen molar-refractivity contribution in [2.45, 2.75) is 45.6 Å². The van der Waals surface area contributed by atoms with Crippen molar-refractivity contribution in [3.63, 3.8) is 0 Å². The van der Waals surface area contributed by atoms with Gasteiger partial charge >= 0.3 is 0 Å². The van der Waals surface area contributed by atoms with Crippen LogP contribution in [-0.2, 0) is 7.05 Å². The zero-order valence-corrected chi connectivity index (χ0v) is 19.4. The molecule has 0 N–H and O–H groups in total. The van der Waals surface area contributed by atoms with Gasteiger partial charge in [0.05, 0.1) is 18.7 Å². The molecule has 0 aliphatic carbocycles. The van der Waals surface area contributed by atoms with Gasteiger partial charge in [-0.3, -0.25) is 0 Å². The SMILES string of the molecule is CCCC[C@@H](c1ccc(F)cc1)N(CCC)c1nc(-c2ccc(Cl)cc2OC)n(C)n1. The highest BCUT2D eigenvalue weighted by Crippen LogP contribution is 2.34. The third kappa shape index (κ3) is 5.37. The van der Waals surface area contributed by atoms with Crippen LogP contribution in [0.25, 0.3) is 11.4 Å². The third-order valence-electron chi connectivity index (χ3n) is 5.34. The molecule has 3 aromatic rings. The van der Waals surface area contributed by atoms with Crippen LogP contribution in [-0.4, -0.2) is 28.4 Å². The number of ether oxygens (including phenoxy) is 1. The van der Waals surface area contributed by atoms with Gasteiger partial charge in [0.2, 0.25) is 5.95 Å². The van der Waals surface area contributed by atoms with Crippen LogP contribution in [0.3, 0.4) is 0 Å². The summed E-state index contributed by atoms with van der Waals surface area (Å²) in [4.78, 5) is 7.12. The van der Waals surface area contributed by atoms with E-state index in [1.165, 1.54) is 12.1 Å². The molecule has 1 heterocycles. The first kappa shape index (κ1) is 23.1. The zero-order chi connectivity index (χ0) is 22.4. The van der Waals surface area contributed by atoms with Crippen LogP contribution in [0.15, 0.2) is 42.5 Å². The molecule has 5 nitrogen and oxygen atoms in total. The number of aromatic nitrogens is 3. The second-order valence-electron chi connectivity index (χ2n) is 7.61. The van der Waals surface area contributed by atoms with E-state index in [1.807, 2.05) is 31.3 Å². The molecule has 7 heteroatoms. The Morgan fingerprint density at radius 1 is 1.13 bits per heavy atom. The first-order valence-corrected chi connectivity index (χ1v) is 11.1. The fourth-order valence-corrected chi connectivity index (χ4v) is 3.96. The number of hydrogen-bond donors (Lipinski definition) is 0. The maximum atomic E-state index is 13.6. The number of rotatable bonds is 10. The van der Waals surface area contributed by atoms with E-state index in [9.17, 15) is 4.39 Å². The predicted molar refractivity (Wildman–Crippen MR) is 124 cm³/mol. The lowest BCUT2D eigenvalue weighted by Gasteiger charge is -2.31. The number of nitrogens with zero attached hydrogens (tertiary/aromatic N) is 4. The highest BCUT2D eigenvalue weighted by molar-refractivity contribution is 6.30. The first-order chi connectivity index (χ1) is 15.0. The molecule has 0 amide bonds. The van der Waals surface area contributed by atoms with Gasteiger partial charge in [-0.25, -0.2) is 9.07 Å². The van der Waals surface area contributed by atoms with Crippen molar-refractivity contribution in [2.75, 3.05) is 18.6 Å². The fourth-order valence-electron chi connectivity index (χ4n) is 3.80. The summed E-state index contributed by atoms with van der Waals surface area (Å²) in [5.74, 6) is 1.78. The second-order valence-corrected chi connectivity index (χ2v) is 8.04. The number of methoxy groups -OCH3 is 1. The summed E-state index contributed by atoms with van der Waals surface area (Å²) in [5.41, 5.74) is 1.90. The molecule has 1 aromatic heterocycles. The van der Waals surface area contributed by atoms with E-state index < -0.39 is 0 Å². The Hall–Kier alpha value is -2.60. The Kier molecular flexibility index (Phi) is 7.91. The molecule has 2 aromatic carbocycles. The van der Waals surface area contributed by atoms with Gasteiger partial charge in [0.15, 0.2) is 5.82 Å². The van der Waals surface area contributed by atoms with E-state index in [0.29, 0.717) is 22.5 Å². The number of anilines is 1. The minimum atomic E-state index is -0.229. The zero-order valence-electron chi connectivity index (χ0n) is 18.6. The maximum Gasteiger partial charge on any atom is 0.245 e. The molecule has 3 rings (SSSR count). The second kappa shape index (κ2) is 10.6. The predicted octanol–water partition coefficient (Wildman–Crippen LogP) is 6.43. The Morgan fingerprint density at radius 3 is 2.52 bits per heavy atom. The largest absolute Gasteiger partial charge is 0.496 e. The molecule has 166 valence electrons. The number of hydrogen-bond acceptors (Lipinski definition) is 4. The van der Waals surface area contributed by atoms with Gasteiger partial charge in [-0.1, -0.05) is 50.4 Å². The number of aryl methyl sites for hydroxylation is 1. The summed E-state index contributed by atoms with van der Waals surface area (Å²) in [6.45, 7) is 5.11. The van der Waals surface area contributed by atoms with Crippen molar-refractivity contribution in [1.82, 2.24) is 14.8 Å². The van der Waals surface area contributed by atoms with Gasteiger partial charge in [-0.15, -0.1) is 5.10 Å². The molecule has 0 saturated carbocycles. The smallest absolute Gasteiger partial charge is 0.245 e. The molecule has 0 fully saturated rings. The average molecular weight is 445 g/mol. The summed E-state index contributed by atoms with van der Waals surface area (Å²) in [5, 5.41) is 5.35. The topological polar surface area (TPSA) is 43.2 Å². The lowest BCUT2D eigenvalue weighted by Crippen LogP contribution is -2.30. The van der Waals surface area contributed by atoms with E-state index in [0.717, 1.165) is 43.4 Å². The minimum Gasteiger partial charge on any atom is -0.496 e. The van der Waals surface area contributed by atoms with Crippen molar-refractivity contribution in [2.24, 2.45) is 7.05 Å². The van der Waals surface area contributed by atoms with E-state index in [4.69, 9.17) is 26.4 Å². The highest BCUT2D eigenvalue weighted by Gasteiger charge is 2.25. The Balaban J connectivity index is 2.04. The van der Waals surface area contributed by atoms with Gasteiger partial charge in [0.25, 0.3) is 0 Å². The van der Waals surface area contributed by atoms with Crippen molar-refractivity contribution >= 4 is 17.5 Å². The normalized spacial score (nSPS) is 12.1. The van der Waals surface area contributed by atoms with E-state index in [-0.39, 0.29) is 11.9 Å².